The standard InChI is InChI=1S/C20H30N2O4/c1-19(2,3)26-18(25)20(21)12-5-4-6-15(11-13-20)22-16-9-7-14(8-10-16)17(23)24/h7-10,15,22H,4-6,11-13,21H2,1-3H3,(H,23,24). The second-order valence-electron chi connectivity index (χ2n) is 8.17. The molecule has 0 radical (unpaired) electrons. The quantitative estimate of drug-likeness (QED) is 0.708. The fourth-order valence-corrected chi connectivity index (χ4v) is 3.21. The van der Waals surface area contributed by atoms with Gasteiger partial charge in [-0.3, -0.25) is 4.79 Å². The Morgan fingerprint density at radius 2 is 1.81 bits per heavy atom. The SMILES string of the molecule is CC(C)(C)OC(=O)C1(N)CCCCC(Nc2ccc(C(=O)O)cc2)CC1. The zero-order valence-corrected chi connectivity index (χ0v) is 15.9. The monoisotopic (exact) mass is 362 g/mol. The van der Waals surface area contributed by atoms with Gasteiger partial charge in [0, 0.05) is 11.7 Å². The molecule has 2 atom stereocenters. The summed E-state index contributed by atoms with van der Waals surface area (Å²) in [4.78, 5) is 23.5. The minimum atomic E-state index is -0.944. The molecule has 1 saturated carbocycles. The Hall–Kier alpha value is -2.08. The van der Waals surface area contributed by atoms with E-state index in [1.165, 1.54) is 0 Å². The highest BCUT2D eigenvalue weighted by atomic mass is 16.6. The van der Waals surface area contributed by atoms with E-state index < -0.39 is 17.1 Å². The zero-order valence-electron chi connectivity index (χ0n) is 15.9. The van der Waals surface area contributed by atoms with Gasteiger partial charge in [0.25, 0.3) is 0 Å². The number of esters is 1. The normalized spacial score (nSPS) is 24.2. The third-order valence-corrected chi connectivity index (χ3v) is 4.67. The van der Waals surface area contributed by atoms with Crippen molar-refractivity contribution in [1.82, 2.24) is 0 Å². The molecular weight excluding hydrogens is 332 g/mol. The number of anilines is 1. The predicted octanol–water partition coefficient (Wildman–Crippen LogP) is 3.56. The number of carboxylic acids is 1. The number of carbonyl (C=O) groups is 2. The first-order valence-electron chi connectivity index (χ1n) is 9.21. The number of carbonyl (C=O) groups excluding carboxylic acids is 1. The maximum Gasteiger partial charge on any atom is 0.335 e. The minimum absolute atomic E-state index is 0.191. The number of nitrogens with two attached hydrogens (primary N) is 1. The van der Waals surface area contributed by atoms with Crippen molar-refractivity contribution in [3.05, 3.63) is 29.8 Å². The maximum atomic E-state index is 12.5. The molecule has 0 heterocycles. The predicted molar refractivity (Wildman–Crippen MR) is 101 cm³/mol. The third kappa shape index (κ3) is 5.73. The van der Waals surface area contributed by atoms with Gasteiger partial charge in [-0.25, -0.2) is 4.79 Å². The van der Waals surface area contributed by atoms with Crippen LogP contribution in [0.25, 0.3) is 0 Å². The first-order valence-corrected chi connectivity index (χ1v) is 9.21. The van der Waals surface area contributed by atoms with E-state index in [-0.39, 0.29) is 17.6 Å². The maximum absolute atomic E-state index is 12.5. The number of hydrogen-bond donors (Lipinski definition) is 3. The summed E-state index contributed by atoms with van der Waals surface area (Å²) in [5.74, 6) is -1.26. The molecule has 0 bridgehead atoms. The summed E-state index contributed by atoms with van der Waals surface area (Å²) >= 11 is 0. The van der Waals surface area contributed by atoms with Crippen molar-refractivity contribution in [2.24, 2.45) is 5.73 Å². The van der Waals surface area contributed by atoms with Gasteiger partial charge in [-0.1, -0.05) is 12.8 Å². The Morgan fingerprint density at radius 1 is 1.15 bits per heavy atom. The van der Waals surface area contributed by atoms with Gasteiger partial charge in [-0.2, -0.15) is 0 Å². The Kier molecular flexibility index (Phi) is 6.29. The van der Waals surface area contributed by atoms with Gasteiger partial charge in [-0.15, -0.1) is 0 Å². The summed E-state index contributed by atoms with van der Waals surface area (Å²) in [6, 6.07) is 6.90. The molecule has 26 heavy (non-hydrogen) atoms. The topological polar surface area (TPSA) is 102 Å². The Bertz CT molecular complexity index is 636. The van der Waals surface area contributed by atoms with Crippen LogP contribution in [0.2, 0.25) is 0 Å². The van der Waals surface area contributed by atoms with Crippen molar-refractivity contribution in [3.8, 4) is 0 Å². The molecule has 1 aliphatic carbocycles. The van der Waals surface area contributed by atoms with Crippen LogP contribution in [0.5, 0.6) is 0 Å². The molecule has 0 aliphatic heterocycles. The van der Waals surface area contributed by atoms with E-state index in [0.717, 1.165) is 31.4 Å². The largest absolute Gasteiger partial charge is 0.478 e. The highest BCUT2D eigenvalue weighted by Gasteiger charge is 2.38. The van der Waals surface area contributed by atoms with Crippen LogP contribution >= 0.6 is 0 Å². The third-order valence-electron chi connectivity index (χ3n) is 4.67. The average Bonchev–Trinajstić information content (AvgIpc) is 2.53. The van der Waals surface area contributed by atoms with Crippen molar-refractivity contribution in [1.29, 1.82) is 0 Å². The van der Waals surface area contributed by atoms with Crippen molar-refractivity contribution in [2.45, 2.75) is 76.5 Å². The molecule has 0 aromatic heterocycles. The molecule has 6 heteroatoms. The molecule has 1 fully saturated rings. The van der Waals surface area contributed by atoms with Crippen LogP contribution in [-0.2, 0) is 9.53 Å². The van der Waals surface area contributed by atoms with E-state index in [1.54, 1.807) is 24.3 Å². The van der Waals surface area contributed by atoms with Gasteiger partial charge in [-0.05, 0) is 70.7 Å². The first kappa shape index (κ1) is 20.2. The van der Waals surface area contributed by atoms with Crippen LogP contribution in [0, 0.1) is 0 Å². The molecule has 4 N–H and O–H groups in total. The van der Waals surface area contributed by atoms with E-state index in [9.17, 15) is 9.59 Å². The van der Waals surface area contributed by atoms with Crippen LogP contribution in [0.15, 0.2) is 24.3 Å². The first-order chi connectivity index (χ1) is 12.1. The number of rotatable bonds is 4. The Balaban J connectivity index is 2.00. The van der Waals surface area contributed by atoms with Crippen LogP contribution in [-0.4, -0.2) is 34.2 Å². The lowest BCUT2D eigenvalue weighted by atomic mass is 9.83. The van der Waals surface area contributed by atoms with Crippen molar-refractivity contribution in [2.75, 3.05) is 5.32 Å². The van der Waals surface area contributed by atoms with E-state index >= 15 is 0 Å². The molecule has 0 saturated heterocycles. The van der Waals surface area contributed by atoms with Gasteiger partial charge >= 0.3 is 11.9 Å². The van der Waals surface area contributed by atoms with Crippen molar-refractivity contribution in [3.63, 3.8) is 0 Å². The van der Waals surface area contributed by atoms with Gasteiger partial charge in [0.2, 0.25) is 0 Å². The highest BCUT2D eigenvalue weighted by Crippen LogP contribution is 2.28. The molecule has 2 unspecified atom stereocenters. The van der Waals surface area contributed by atoms with Crippen LogP contribution < -0.4 is 11.1 Å². The average molecular weight is 362 g/mol. The lowest BCUT2D eigenvalue weighted by Crippen LogP contribution is -2.52. The Morgan fingerprint density at radius 3 is 2.38 bits per heavy atom. The summed E-state index contributed by atoms with van der Waals surface area (Å²) in [7, 11) is 0. The second-order valence-corrected chi connectivity index (χ2v) is 8.17. The van der Waals surface area contributed by atoms with Gasteiger partial charge in [0.1, 0.15) is 11.1 Å². The van der Waals surface area contributed by atoms with E-state index in [4.69, 9.17) is 15.6 Å². The molecular formula is C20H30N2O4. The van der Waals surface area contributed by atoms with E-state index in [2.05, 4.69) is 5.32 Å². The lowest BCUT2D eigenvalue weighted by Gasteiger charge is -2.34. The smallest absolute Gasteiger partial charge is 0.335 e. The number of aromatic carboxylic acids is 1. The summed E-state index contributed by atoms with van der Waals surface area (Å²) in [6.45, 7) is 5.55. The number of hydrogen-bond acceptors (Lipinski definition) is 5. The molecule has 6 nitrogen and oxygen atoms in total. The van der Waals surface area contributed by atoms with Crippen LogP contribution in [0.1, 0.15) is 69.7 Å². The molecule has 2 rings (SSSR count). The highest BCUT2D eigenvalue weighted by molar-refractivity contribution is 5.88. The number of benzene rings is 1. The van der Waals surface area contributed by atoms with Crippen molar-refractivity contribution >= 4 is 17.6 Å². The second kappa shape index (κ2) is 8.08. The van der Waals surface area contributed by atoms with E-state index in [1.807, 2.05) is 20.8 Å². The summed E-state index contributed by atoms with van der Waals surface area (Å²) in [5, 5.41) is 12.4. The molecule has 1 aliphatic rings. The number of carboxylic acid groups (broad SMARTS) is 1. The van der Waals surface area contributed by atoms with Gasteiger partial charge in [0.05, 0.1) is 5.56 Å². The molecule has 144 valence electrons. The summed E-state index contributed by atoms with van der Waals surface area (Å²) < 4.78 is 5.53. The molecule has 0 amide bonds. The van der Waals surface area contributed by atoms with Gasteiger partial charge < -0.3 is 20.9 Å². The van der Waals surface area contributed by atoms with Gasteiger partial charge in [0.15, 0.2) is 0 Å². The zero-order chi connectivity index (χ0) is 19.4. The molecule has 1 aromatic rings. The van der Waals surface area contributed by atoms with Crippen LogP contribution in [0.4, 0.5) is 5.69 Å². The molecule has 1 aromatic carbocycles. The fourth-order valence-electron chi connectivity index (χ4n) is 3.21. The van der Waals surface area contributed by atoms with Crippen molar-refractivity contribution < 1.29 is 19.4 Å². The summed E-state index contributed by atoms with van der Waals surface area (Å²) in [6.07, 6.45) is 4.81. The minimum Gasteiger partial charge on any atom is -0.478 e. The number of ether oxygens (including phenoxy) is 1. The number of nitrogens with one attached hydrogen (secondary N) is 1. The van der Waals surface area contributed by atoms with E-state index in [0.29, 0.717) is 12.8 Å². The fraction of sp³-hybridized carbons (Fsp3) is 0.600. The van der Waals surface area contributed by atoms with Crippen LogP contribution in [0.3, 0.4) is 0 Å². The summed E-state index contributed by atoms with van der Waals surface area (Å²) in [5.41, 5.74) is 6.07. The molecule has 0 spiro atoms. The Labute approximate surface area is 155 Å². The lowest BCUT2D eigenvalue weighted by molar-refractivity contribution is -0.162.